The zero-order chi connectivity index (χ0) is 32.3. The first-order valence-corrected chi connectivity index (χ1v) is 15.1. The first-order valence-electron chi connectivity index (χ1n) is 14.7. The van der Waals surface area contributed by atoms with Gasteiger partial charge in [-0.1, -0.05) is 23.7 Å². The van der Waals surface area contributed by atoms with E-state index in [1.165, 1.54) is 18.2 Å². The van der Waals surface area contributed by atoms with Crippen molar-refractivity contribution in [1.82, 2.24) is 10.2 Å². The predicted octanol–water partition coefficient (Wildman–Crippen LogP) is 6.01. The van der Waals surface area contributed by atoms with Crippen LogP contribution >= 0.6 is 11.6 Å². The number of carboxylic acid groups (broad SMARTS) is 1. The number of carboxylic acids is 1. The number of halogens is 5. The first kappa shape index (κ1) is 31.2. The molecule has 45 heavy (non-hydrogen) atoms. The molecule has 1 saturated carbocycles. The highest BCUT2D eigenvalue weighted by molar-refractivity contribution is 6.34. The average Bonchev–Trinajstić information content (AvgIpc) is 3.65. The van der Waals surface area contributed by atoms with Crippen molar-refractivity contribution >= 4 is 35.1 Å². The lowest BCUT2D eigenvalue weighted by molar-refractivity contribution is -0.162. The van der Waals surface area contributed by atoms with Crippen LogP contribution in [0.1, 0.15) is 76.8 Å². The third-order valence-electron chi connectivity index (χ3n) is 9.46. The smallest absolute Gasteiger partial charge is 0.398 e. The van der Waals surface area contributed by atoms with E-state index in [0.29, 0.717) is 19.7 Å². The van der Waals surface area contributed by atoms with E-state index in [0.717, 1.165) is 31.0 Å². The molecule has 6 rings (SSSR count). The second kappa shape index (κ2) is 11.2. The largest absolute Gasteiger partial charge is 0.478 e. The Labute approximate surface area is 260 Å². The molecule has 2 amide bonds. The van der Waals surface area contributed by atoms with E-state index in [9.17, 15) is 32.7 Å². The molecule has 1 atom stereocenters. The molecule has 2 saturated heterocycles. The molecule has 3 fully saturated rings. The normalized spacial score (nSPS) is 21.8. The van der Waals surface area contributed by atoms with Crippen molar-refractivity contribution in [3.05, 3.63) is 80.8 Å². The Morgan fingerprint density at radius 3 is 2.44 bits per heavy atom. The number of benzene rings is 2. The van der Waals surface area contributed by atoms with Crippen molar-refractivity contribution in [2.45, 2.75) is 62.1 Å². The Balaban J connectivity index is 1.33. The standard InChI is InChI=1S/C32H30ClF4N3O5/c33-22-4-1-3-21(31(10-11-31)32(35,36)37)25(22)27(41)39-24-14-17(28(42)40-15-30(16-40)9-2-12-45-30)5-8-20(24)26(38)19-7-6-18(29(43)44)13-23(19)34/h1,3-4,6-7,13,17,38H,2,5,8-12,14-16H2,(H,39,41)(H,43,44). The SMILES string of the molecule is N=C(C1=C(NC(=O)c2c(Cl)cccc2C2(C(F)(F)F)CC2)CC(C(=O)N2CC3(CCCO3)C2)CC1)c1ccc(C(=O)O)cc1F. The molecule has 0 radical (unpaired) electrons. The van der Waals surface area contributed by atoms with E-state index in [-0.39, 0.29) is 87.9 Å². The Morgan fingerprint density at radius 1 is 1.11 bits per heavy atom. The lowest BCUT2D eigenvalue weighted by atomic mass is 9.81. The van der Waals surface area contributed by atoms with Gasteiger partial charge in [-0.3, -0.25) is 15.0 Å². The van der Waals surface area contributed by atoms with E-state index >= 15 is 4.39 Å². The number of alkyl halides is 3. The van der Waals surface area contributed by atoms with Crippen molar-refractivity contribution < 1.29 is 41.8 Å². The van der Waals surface area contributed by atoms with Gasteiger partial charge in [-0.25, -0.2) is 9.18 Å². The minimum atomic E-state index is -4.61. The zero-order valence-electron chi connectivity index (χ0n) is 24.0. The van der Waals surface area contributed by atoms with Crippen LogP contribution in [0.3, 0.4) is 0 Å². The van der Waals surface area contributed by atoms with Gasteiger partial charge in [0.05, 0.1) is 40.4 Å². The molecular weight excluding hydrogens is 618 g/mol. The molecule has 3 N–H and O–H groups in total. The third-order valence-corrected chi connectivity index (χ3v) is 9.78. The summed E-state index contributed by atoms with van der Waals surface area (Å²) in [6.07, 6.45) is -2.91. The van der Waals surface area contributed by atoms with Crippen LogP contribution < -0.4 is 5.32 Å². The summed E-state index contributed by atoms with van der Waals surface area (Å²) in [6.45, 7) is 1.53. The van der Waals surface area contributed by atoms with Gasteiger partial charge in [0.2, 0.25) is 5.91 Å². The van der Waals surface area contributed by atoms with Gasteiger partial charge >= 0.3 is 12.1 Å². The number of allylic oxidation sites excluding steroid dienone is 2. The van der Waals surface area contributed by atoms with Crippen molar-refractivity contribution in [2.24, 2.45) is 5.92 Å². The number of likely N-dealkylation sites (tertiary alicyclic amines) is 1. The predicted molar refractivity (Wildman–Crippen MR) is 155 cm³/mol. The van der Waals surface area contributed by atoms with Crippen LogP contribution in [0.15, 0.2) is 47.7 Å². The quantitative estimate of drug-likeness (QED) is 0.251. The molecule has 2 aliphatic carbocycles. The Hall–Kier alpha value is -3.77. The van der Waals surface area contributed by atoms with E-state index in [1.54, 1.807) is 4.90 Å². The molecule has 1 unspecified atom stereocenters. The fourth-order valence-electron chi connectivity index (χ4n) is 6.82. The molecule has 2 aliphatic heterocycles. The van der Waals surface area contributed by atoms with Crippen LogP contribution in [-0.4, -0.2) is 65.0 Å². The minimum Gasteiger partial charge on any atom is -0.478 e. The number of amides is 2. The lowest BCUT2D eigenvalue weighted by Gasteiger charge is -2.48. The number of hydrogen-bond donors (Lipinski definition) is 3. The summed E-state index contributed by atoms with van der Waals surface area (Å²) >= 11 is 6.33. The molecule has 0 aromatic heterocycles. The second-order valence-electron chi connectivity index (χ2n) is 12.3. The summed E-state index contributed by atoms with van der Waals surface area (Å²) in [5.41, 5.74) is -3.70. The fraction of sp³-hybridized carbons (Fsp3) is 0.438. The first-order chi connectivity index (χ1) is 21.3. The van der Waals surface area contributed by atoms with E-state index < -0.39 is 35.2 Å². The maximum Gasteiger partial charge on any atom is 0.398 e. The fourth-order valence-corrected chi connectivity index (χ4v) is 7.08. The van der Waals surface area contributed by atoms with Gasteiger partial charge in [0, 0.05) is 23.8 Å². The summed E-state index contributed by atoms with van der Waals surface area (Å²) < 4.78 is 63.2. The molecule has 0 bridgehead atoms. The van der Waals surface area contributed by atoms with Crippen LogP contribution in [0.25, 0.3) is 0 Å². The van der Waals surface area contributed by atoms with Crippen LogP contribution in [0.4, 0.5) is 17.6 Å². The van der Waals surface area contributed by atoms with E-state index in [2.05, 4.69) is 5.32 Å². The summed E-state index contributed by atoms with van der Waals surface area (Å²) in [4.78, 5) is 40.3. The highest BCUT2D eigenvalue weighted by Gasteiger charge is 2.65. The third kappa shape index (κ3) is 5.52. The van der Waals surface area contributed by atoms with Crippen LogP contribution in [0.2, 0.25) is 5.02 Å². The number of ether oxygens (including phenoxy) is 1. The van der Waals surface area contributed by atoms with Crippen molar-refractivity contribution in [2.75, 3.05) is 19.7 Å². The number of hydrogen-bond acceptors (Lipinski definition) is 5. The van der Waals surface area contributed by atoms with Crippen molar-refractivity contribution in [3.63, 3.8) is 0 Å². The molecule has 1 spiro atoms. The molecule has 2 aromatic rings. The maximum absolute atomic E-state index is 15.0. The summed E-state index contributed by atoms with van der Waals surface area (Å²) in [7, 11) is 0. The van der Waals surface area contributed by atoms with Gasteiger partial charge < -0.3 is 20.1 Å². The highest BCUT2D eigenvalue weighted by Crippen LogP contribution is 2.60. The molecule has 13 heteroatoms. The van der Waals surface area contributed by atoms with Gasteiger partial charge in [-0.2, -0.15) is 13.2 Å². The van der Waals surface area contributed by atoms with Crippen molar-refractivity contribution in [1.29, 1.82) is 5.41 Å². The zero-order valence-corrected chi connectivity index (χ0v) is 24.8. The Morgan fingerprint density at radius 2 is 1.84 bits per heavy atom. The average molecular weight is 648 g/mol. The number of rotatable bonds is 7. The molecule has 8 nitrogen and oxygen atoms in total. The number of aromatic carboxylic acids is 1. The summed E-state index contributed by atoms with van der Waals surface area (Å²) in [6, 6.07) is 6.99. The molecular formula is C32H30ClF4N3O5. The second-order valence-corrected chi connectivity index (χ2v) is 12.7. The van der Waals surface area contributed by atoms with E-state index in [1.807, 2.05) is 0 Å². The topological polar surface area (TPSA) is 120 Å². The Bertz CT molecular complexity index is 1640. The van der Waals surface area contributed by atoms with Crippen LogP contribution in [0.5, 0.6) is 0 Å². The number of nitrogens with one attached hydrogen (secondary N) is 2. The minimum absolute atomic E-state index is 0.0499. The molecule has 238 valence electrons. The number of nitrogens with zero attached hydrogens (tertiary/aromatic N) is 1. The van der Waals surface area contributed by atoms with Crippen LogP contribution in [0, 0.1) is 17.1 Å². The number of carbonyl (C=O) groups excluding carboxylic acids is 2. The maximum atomic E-state index is 15.0. The van der Waals surface area contributed by atoms with Gasteiger partial charge in [-0.15, -0.1) is 0 Å². The lowest BCUT2D eigenvalue weighted by Crippen LogP contribution is -2.64. The van der Waals surface area contributed by atoms with Gasteiger partial charge in [-0.05, 0) is 80.3 Å². The van der Waals surface area contributed by atoms with E-state index in [4.69, 9.17) is 21.7 Å². The molecule has 2 heterocycles. The Kier molecular flexibility index (Phi) is 7.80. The van der Waals surface area contributed by atoms with Gasteiger partial charge in [0.1, 0.15) is 11.4 Å². The highest BCUT2D eigenvalue weighted by atomic mass is 35.5. The monoisotopic (exact) mass is 647 g/mol. The molecule has 2 aromatic carbocycles. The molecule has 4 aliphatic rings. The van der Waals surface area contributed by atoms with Gasteiger partial charge in [0.25, 0.3) is 5.91 Å². The van der Waals surface area contributed by atoms with Crippen LogP contribution in [-0.2, 0) is 14.9 Å². The number of carbonyl (C=O) groups is 3. The summed E-state index contributed by atoms with van der Waals surface area (Å²) in [5.74, 6) is -4.02. The van der Waals surface area contributed by atoms with Crippen molar-refractivity contribution in [3.8, 4) is 0 Å². The van der Waals surface area contributed by atoms with Gasteiger partial charge in [0.15, 0.2) is 0 Å². The summed E-state index contributed by atoms with van der Waals surface area (Å²) in [5, 5.41) is 20.5.